The molecule has 0 unspecified atom stereocenters. The minimum atomic E-state index is -0.222. The number of aryl methyl sites for hydroxylation is 4. The lowest BCUT2D eigenvalue weighted by Gasteiger charge is -2.09. The summed E-state index contributed by atoms with van der Waals surface area (Å²) >= 11 is 3.35. The fourth-order valence-corrected chi connectivity index (χ4v) is 4.49. The Morgan fingerprint density at radius 3 is 2.79 bits per heavy atom. The van der Waals surface area contributed by atoms with Crippen molar-refractivity contribution in [1.29, 1.82) is 0 Å². The fourth-order valence-electron chi connectivity index (χ4n) is 4.13. The Morgan fingerprint density at radius 1 is 1.12 bits per heavy atom. The van der Waals surface area contributed by atoms with Gasteiger partial charge in [0.25, 0.3) is 5.56 Å². The molecule has 4 aromatic heterocycles. The van der Waals surface area contributed by atoms with Crippen LogP contribution in [0, 0.1) is 6.92 Å². The summed E-state index contributed by atoms with van der Waals surface area (Å²) in [5, 5.41) is 12.8. The van der Waals surface area contributed by atoms with Crippen LogP contribution in [0.5, 0.6) is 0 Å². The van der Waals surface area contributed by atoms with Crippen molar-refractivity contribution in [2.75, 3.05) is 0 Å². The first-order chi connectivity index (χ1) is 16.5. The second-order valence-electron chi connectivity index (χ2n) is 8.35. The molecule has 0 aliphatic rings. The van der Waals surface area contributed by atoms with Gasteiger partial charge in [-0.3, -0.25) is 9.36 Å². The van der Waals surface area contributed by atoms with E-state index in [1.807, 2.05) is 16.7 Å². The fraction of sp³-hybridized carbons (Fsp3) is 0.391. The first-order valence-electron chi connectivity index (χ1n) is 11.4. The van der Waals surface area contributed by atoms with E-state index in [0.717, 1.165) is 24.8 Å². The Labute approximate surface area is 203 Å². The molecule has 1 aromatic carbocycles. The van der Waals surface area contributed by atoms with Crippen LogP contribution in [0.3, 0.4) is 0 Å². The normalized spacial score (nSPS) is 11.7. The van der Waals surface area contributed by atoms with E-state index in [9.17, 15) is 4.79 Å². The number of hydrogen-bond donors (Lipinski definition) is 1. The van der Waals surface area contributed by atoms with E-state index in [1.165, 1.54) is 5.56 Å². The molecule has 4 heterocycles. The first kappa shape index (κ1) is 22.5. The summed E-state index contributed by atoms with van der Waals surface area (Å²) in [5.74, 6) is 2.19. The van der Waals surface area contributed by atoms with Crippen LogP contribution in [-0.4, -0.2) is 39.3 Å². The molecule has 0 saturated heterocycles. The van der Waals surface area contributed by atoms with Crippen molar-refractivity contribution in [1.82, 2.24) is 39.3 Å². The van der Waals surface area contributed by atoms with E-state index in [2.05, 4.69) is 72.2 Å². The third-order valence-corrected chi connectivity index (χ3v) is 6.33. The molecule has 10 nitrogen and oxygen atoms in total. The van der Waals surface area contributed by atoms with Crippen LogP contribution < -0.4 is 5.56 Å². The number of fused-ring (bicyclic) bond motifs is 2. The molecule has 0 aliphatic carbocycles. The minimum Gasteiger partial charge on any atom is -0.339 e. The summed E-state index contributed by atoms with van der Waals surface area (Å²) in [6.07, 6.45) is 4.65. The largest absolute Gasteiger partial charge is 0.339 e. The number of aromatic amines is 1. The van der Waals surface area contributed by atoms with Crippen molar-refractivity contribution in [3.8, 4) is 0 Å². The Hall–Kier alpha value is -3.34. The van der Waals surface area contributed by atoms with Crippen LogP contribution in [0.15, 0.2) is 38.3 Å². The molecular formula is C23H25BrN8O2. The number of imidazole rings is 1. The summed E-state index contributed by atoms with van der Waals surface area (Å²) < 4.78 is 9.48. The van der Waals surface area contributed by atoms with Crippen LogP contribution in [-0.2, 0) is 25.8 Å². The maximum Gasteiger partial charge on any atom is 0.286 e. The van der Waals surface area contributed by atoms with Gasteiger partial charge in [-0.25, -0.2) is 9.38 Å². The SMILES string of the molecule is CCCCCn1c2nc(Br)[nH]c2c(=O)n2c(CCc3nc(Cc4ccccc4C)no3)nnc12. The van der Waals surface area contributed by atoms with Crippen molar-refractivity contribution >= 4 is 32.9 Å². The van der Waals surface area contributed by atoms with Crippen LogP contribution in [0.25, 0.3) is 16.9 Å². The maximum absolute atomic E-state index is 13.2. The molecule has 5 aromatic rings. The molecule has 176 valence electrons. The molecule has 5 rings (SSSR count). The smallest absolute Gasteiger partial charge is 0.286 e. The standard InChI is InChI=1S/C23H25BrN8O2/c1-3-4-7-12-31-20-19(26-22(24)27-20)21(33)32-17(28-29-23(31)32)10-11-18-25-16(30-34-18)13-15-9-6-5-8-14(15)2/h5-6,8-9H,3-4,7,10-13H2,1-2H3,(H,26,27). The van der Waals surface area contributed by atoms with E-state index in [4.69, 9.17) is 4.52 Å². The molecule has 0 radical (unpaired) electrons. The van der Waals surface area contributed by atoms with Crippen molar-refractivity contribution in [3.05, 3.63) is 68.0 Å². The third-order valence-electron chi connectivity index (χ3n) is 5.95. The lowest BCUT2D eigenvalue weighted by Crippen LogP contribution is -2.21. The highest BCUT2D eigenvalue weighted by molar-refractivity contribution is 9.10. The van der Waals surface area contributed by atoms with Gasteiger partial charge < -0.3 is 9.51 Å². The molecule has 0 atom stereocenters. The summed E-state index contributed by atoms with van der Waals surface area (Å²) in [7, 11) is 0. The lowest BCUT2D eigenvalue weighted by atomic mass is 10.1. The van der Waals surface area contributed by atoms with E-state index in [0.29, 0.717) is 65.0 Å². The van der Waals surface area contributed by atoms with Crippen molar-refractivity contribution in [2.24, 2.45) is 0 Å². The van der Waals surface area contributed by atoms with E-state index >= 15 is 0 Å². The van der Waals surface area contributed by atoms with Crippen LogP contribution in [0.2, 0.25) is 0 Å². The number of halogens is 1. The maximum atomic E-state index is 13.2. The average molecular weight is 525 g/mol. The average Bonchev–Trinajstić information content (AvgIpc) is 3.55. The van der Waals surface area contributed by atoms with Crippen molar-refractivity contribution < 1.29 is 4.52 Å². The van der Waals surface area contributed by atoms with E-state index in [1.54, 1.807) is 4.40 Å². The third kappa shape index (κ3) is 4.27. The Kier molecular flexibility index (Phi) is 6.27. The molecule has 0 bridgehead atoms. The monoisotopic (exact) mass is 524 g/mol. The van der Waals surface area contributed by atoms with Crippen molar-refractivity contribution in [2.45, 2.75) is 58.9 Å². The Bertz CT molecular complexity index is 1510. The second-order valence-corrected chi connectivity index (χ2v) is 9.10. The number of unbranched alkanes of at least 4 members (excludes halogenated alkanes) is 2. The number of benzene rings is 1. The zero-order valence-electron chi connectivity index (χ0n) is 19.1. The number of aromatic nitrogens is 8. The van der Waals surface area contributed by atoms with E-state index in [-0.39, 0.29) is 5.56 Å². The van der Waals surface area contributed by atoms with Gasteiger partial charge >= 0.3 is 0 Å². The molecular weight excluding hydrogens is 500 g/mol. The predicted molar refractivity (Wildman–Crippen MR) is 130 cm³/mol. The summed E-state index contributed by atoms with van der Waals surface area (Å²) in [6, 6.07) is 8.14. The predicted octanol–water partition coefficient (Wildman–Crippen LogP) is 3.79. The van der Waals surface area contributed by atoms with Gasteiger partial charge in [-0.1, -0.05) is 49.2 Å². The van der Waals surface area contributed by atoms with E-state index < -0.39 is 0 Å². The molecule has 11 heteroatoms. The van der Waals surface area contributed by atoms with Gasteiger partial charge in [-0.15, -0.1) is 10.2 Å². The molecule has 0 fully saturated rings. The quantitative estimate of drug-likeness (QED) is 0.230. The zero-order chi connectivity index (χ0) is 23.7. The summed E-state index contributed by atoms with van der Waals surface area (Å²) in [6.45, 7) is 4.92. The topological polar surface area (TPSA) is 120 Å². The number of nitrogens with zero attached hydrogens (tertiary/aromatic N) is 7. The van der Waals surface area contributed by atoms with Crippen LogP contribution in [0.4, 0.5) is 0 Å². The van der Waals surface area contributed by atoms with Crippen LogP contribution >= 0.6 is 15.9 Å². The van der Waals surface area contributed by atoms with Crippen molar-refractivity contribution in [3.63, 3.8) is 0 Å². The minimum absolute atomic E-state index is 0.222. The number of H-pyrrole nitrogens is 1. The molecule has 0 saturated carbocycles. The van der Waals surface area contributed by atoms with Crippen LogP contribution in [0.1, 0.15) is 54.9 Å². The second kappa shape index (κ2) is 9.49. The first-order valence-corrected chi connectivity index (χ1v) is 12.2. The number of rotatable bonds is 9. The lowest BCUT2D eigenvalue weighted by molar-refractivity contribution is 0.373. The molecule has 0 spiro atoms. The van der Waals surface area contributed by atoms with Gasteiger partial charge in [-0.05, 0) is 40.4 Å². The van der Waals surface area contributed by atoms with Gasteiger partial charge in [0.1, 0.15) is 5.82 Å². The zero-order valence-corrected chi connectivity index (χ0v) is 20.7. The van der Waals surface area contributed by atoms with Gasteiger partial charge in [0.05, 0.1) is 0 Å². The van der Waals surface area contributed by atoms with Gasteiger partial charge in [0, 0.05) is 25.8 Å². The Balaban J connectivity index is 1.41. The Morgan fingerprint density at radius 2 is 1.97 bits per heavy atom. The highest BCUT2D eigenvalue weighted by atomic mass is 79.9. The number of nitrogens with one attached hydrogen (secondary N) is 1. The molecule has 0 amide bonds. The summed E-state index contributed by atoms with van der Waals surface area (Å²) in [4.78, 5) is 25.3. The number of hydrogen-bond acceptors (Lipinski definition) is 7. The van der Waals surface area contributed by atoms with Gasteiger partial charge in [0.15, 0.2) is 21.7 Å². The molecule has 34 heavy (non-hydrogen) atoms. The summed E-state index contributed by atoms with van der Waals surface area (Å²) in [5.41, 5.74) is 3.14. The molecule has 0 aliphatic heterocycles. The highest BCUT2D eigenvalue weighted by Crippen LogP contribution is 2.17. The molecule has 1 N–H and O–H groups in total. The highest BCUT2D eigenvalue weighted by Gasteiger charge is 2.20. The van der Waals surface area contributed by atoms with Gasteiger partial charge in [-0.2, -0.15) is 4.98 Å². The van der Waals surface area contributed by atoms with Gasteiger partial charge in [0.2, 0.25) is 11.7 Å².